The minimum absolute atomic E-state index is 0.0362. The lowest BCUT2D eigenvalue weighted by Crippen LogP contribution is -2.51. The maximum atomic E-state index is 11.4. The minimum Gasteiger partial charge on any atom is -0.293 e. The van der Waals surface area contributed by atoms with Crippen molar-refractivity contribution in [3.63, 3.8) is 0 Å². The van der Waals surface area contributed by atoms with E-state index in [1.54, 1.807) is 0 Å². The van der Waals surface area contributed by atoms with Gasteiger partial charge in [-0.25, -0.2) is 5.84 Å². The molecule has 1 unspecified atom stereocenters. The Hall–Kier alpha value is -0.260. The predicted molar refractivity (Wildman–Crippen MR) is 55.3 cm³/mol. The van der Waals surface area contributed by atoms with E-state index in [1.165, 1.54) is 0 Å². The lowest BCUT2D eigenvalue weighted by molar-refractivity contribution is -0.126. The van der Waals surface area contributed by atoms with E-state index in [9.17, 15) is 4.79 Å². The molecule has 13 heavy (non-hydrogen) atoms. The number of hydrogen-bond acceptors (Lipinski definition) is 4. The van der Waals surface area contributed by atoms with Crippen LogP contribution in [0.1, 0.15) is 13.3 Å². The van der Waals surface area contributed by atoms with Crippen LogP contribution in [0.3, 0.4) is 0 Å². The largest absolute Gasteiger partial charge is 0.293 e. The van der Waals surface area contributed by atoms with Gasteiger partial charge in [0.1, 0.15) is 0 Å². The first kappa shape index (κ1) is 10.8. The Kier molecular flexibility index (Phi) is 4.55. The Morgan fingerprint density at radius 3 is 2.69 bits per heavy atom. The molecule has 5 heteroatoms. The molecule has 0 bridgehead atoms. The average molecular weight is 203 g/mol. The molecular weight excluding hydrogens is 186 g/mol. The van der Waals surface area contributed by atoms with Crippen molar-refractivity contribution in [1.82, 2.24) is 10.3 Å². The van der Waals surface area contributed by atoms with Gasteiger partial charge in [0.05, 0.1) is 6.04 Å². The number of nitrogens with zero attached hydrogens (tertiary/aromatic N) is 1. The zero-order chi connectivity index (χ0) is 9.68. The SMILES string of the molecule is CCC(C(=O)NN)N1CCSCC1. The second kappa shape index (κ2) is 5.47. The zero-order valence-electron chi connectivity index (χ0n) is 7.95. The summed E-state index contributed by atoms with van der Waals surface area (Å²) >= 11 is 1.94. The average Bonchev–Trinajstić information content (AvgIpc) is 2.20. The molecule has 76 valence electrons. The van der Waals surface area contributed by atoms with Gasteiger partial charge in [0, 0.05) is 24.6 Å². The van der Waals surface area contributed by atoms with Crippen LogP contribution in [0, 0.1) is 0 Å². The van der Waals surface area contributed by atoms with Crippen LogP contribution >= 0.6 is 11.8 Å². The van der Waals surface area contributed by atoms with Crippen LogP contribution in [-0.2, 0) is 4.79 Å². The summed E-state index contributed by atoms with van der Waals surface area (Å²) in [6.07, 6.45) is 0.827. The highest BCUT2D eigenvalue weighted by Gasteiger charge is 2.24. The number of nitrogens with one attached hydrogen (secondary N) is 1. The third-order valence-electron chi connectivity index (χ3n) is 2.32. The summed E-state index contributed by atoms with van der Waals surface area (Å²) in [4.78, 5) is 13.6. The molecule has 1 amide bonds. The molecule has 1 saturated heterocycles. The Morgan fingerprint density at radius 2 is 2.23 bits per heavy atom. The second-order valence-electron chi connectivity index (χ2n) is 3.08. The van der Waals surface area contributed by atoms with E-state index in [0.29, 0.717) is 0 Å². The van der Waals surface area contributed by atoms with Crippen molar-refractivity contribution in [3.8, 4) is 0 Å². The Morgan fingerprint density at radius 1 is 1.62 bits per heavy atom. The maximum Gasteiger partial charge on any atom is 0.251 e. The van der Waals surface area contributed by atoms with Crippen molar-refractivity contribution in [3.05, 3.63) is 0 Å². The number of carbonyl (C=O) groups is 1. The summed E-state index contributed by atoms with van der Waals surface area (Å²) in [5.74, 6) is 7.30. The number of nitrogens with two attached hydrogens (primary N) is 1. The molecule has 0 saturated carbocycles. The minimum atomic E-state index is -0.0607. The van der Waals surface area contributed by atoms with E-state index in [2.05, 4.69) is 10.3 Å². The van der Waals surface area contributed by atoms with Gasteiger partial charge in [0.25, 0.3) is 5.91 Å². The summed E-state index contributed by atoms with van der Waals surface area (Å²) in [5, 5.41) is 0. The van der Waals surface area contributed by atoms with Gasteiger partial charge in [-0.15, -0.1) is 0 Å². The second-order valence-corrected chi connectivity index (χ2v) is 4.31. The summed E-state index contributed by atoms with van der Waals surface area (Å²) in [6, 6.07) is -0.0362. The smallest absolute Gasteiger partial charge is 0.251 e. The number of rotatable bonds is 3. The van der Waals surface area contributed by atoms with Crippen molar-refractivity contribution in [1.29, 1.82) is 0 Å². The number of carbonyl (C=O) groups excluding carboxylic acids is 1. The van der Waals surface area contributed by atoms with Gasteiger partial charge in [-0.3, -0.25) is 15.1 Å². The summed E-state index contributed by atoms with van der Waals surface area (Å²) < 4.78 is 0. The predicted octanol–water partition coefficient (Wildman–Crippen LogP) is -0.196. The van der Waals surface area contributed by atoms with Crippen LogP contribution in [0.25, 0.3) is 0 Å². The van der Waals surface area contributed by atoms with Crippen molar-refractivity contribution in [2.75, 3.05) is 24.6 Å². The molecule has 0 radical (unpaired) electrons. The van der Waals surface area contributed by atoms with Crippen LogP contribution in [0.5, 0.6) is 0 Å². The third-order valence-corrected chi connectivity index (χ3v) is 3.26. The van der Waals surface area contributed by atoms with E-state index in [-0.39, 0.29) is 11.9 Å². The summed E-state index contributed by atoms with van der Waals surface area (Å²) in [5.41, 5.74) is 2.23. The van der Waals surface area contributed by atoms with E-state index in [1.807, 2.05) is 18.7 Å². The van der Waals surface area contributed by atoms with E-state index >= 15 is 0 Å². The molecule has 1 aliphatic heterocycles. The van der Waals surface area contributed by atoms with Gasteiger partial charge in [0.2, 0.25) is 0 Å². The molecule has 0 aromatic heterocycles. The highest BCUT2D eigenvalue weighted by atomic mass is 32.2. The number of hydrogen-bond donors (Lipinski definition) is 2. The third kappa shape index (κ3) is 2.86. The molecule has 0 aliphatic carbocycles. The first-order valence-corrected chi connectivity index (χ1v) is 5.77. The van der Waals surface area contributed by atoms with Crippen molar-refractivity contribution in [2.24, 2.45) is 5.84 Å². The summed E-state index contributed by atoms with van der Waals surface area (Å²) in [7, 11) is 0. The van der Waals surface area contributed by atoms with Gasteiger partial charge < -0.3 is 0 Å². The van der Waals surface area contributed by atoms with Crippen LogP contribution < -0.4 is 11.3 Å². The fourth-order valence-corrected chi connectivity index (χ4v) is 2.53. The topological polar surface area (TPSA) is 58.4 Å². The zero-order valence-corrected chi connectivity index (χ0v) is 8.77. The standard InChI is InChI=1S/C8H17N3OS/c1-2-7(8(12)10-9)11-3-5-13-6-4-11/h7H,2-6,9H2,1H3,(H,10,12). The van der Waals surface area contributed by atoms with Crippen molar-refractivity contribution in [2.45, 2.75) is 19.4 Å². The van der Waals surface area contributed by atoms with E-state index in [4.69, 9.17) is 5.84 Å². The normalized spacial score (nSPS) is 21.1. The highest BCUT2D eigenvalue weighted by molar-refractivity contribution is 7.99. The quantitative estimate of drug-likeness (QED) is 0.379. The molecule has 1 aliphatic rings. The van der Waals surface area contributed by atoms with Gasteiger partial charge >= 0.3 is 0 Å². The van der Waals surface area contributed by atoms with Crippen molar-refractivity contribution >= 4 is 17.7 Å². The van der Waals surface area contributed by atoms with Crippen LogP contribution in [0.4, 0.5) is 0 Å². The molecule has 1 fully saturated rings. The molecule has 0 spiro atoms. The lowest BCUT2D eigenvalue weighted by atomic mass is 10.2. The van der Waals surface area contributed by atoms with Gasteiger partial charge in [-0.1, -0.05) is 6.92 Å². The molecule has 1 heterocycles. The number of amides is 1. The van der Waals surface area contributed by atoms with Crippen LogP contribution in [0.15, 0.2) is 0 Å². The molecular formula is C8H17N3OS. The Labute approximate surface area is 83.2 Å². The highest BCUT2D eigenvalue weighted by Crippen LogP contribution is 2.13. The fraction of sp³-hybridized carbons (Fsp3) is 0.875. The van der Waals surface area contributed by atoms with Gasteiger partial charge in [0.15, 0.2) is 0 Å². The Balaban J connectivity index is 2.48. The molecule has 0 aromatic rings. The maximum absolute atomic E-state index is 11.4. The first-order chi connectivity index (χ1) is 6.29. The summed E-state index contributed by atoms with van der Waals surface area (Å²) in [6.45, 7) is 4.01. The molecule has 0 aromatic carbocycles. The van der Waals surface area contributed by atoms with E-state index < -0.39 is 0 Å². The molecule has 4 nitrogen and oxygen atoms in total. The van der Waals surface area contributed by atoms with Crippen LogP contribution in [0.2, 0.25) is 0 Å². The number of thioether (sulfide) groups is 1. The lowest BCUT2D eigenvalue weighted by Gasteiger charge is -2.32. The molecule has 1 atom stereocenters. The molecule has 1 rings (SSSR count). The number of hydrazine groups is 1. The monoisotopic (exact) mass is 203 g/mol. The van der Waals surface area contributed by atoms with Gasteiger partial charge in [-0.05, 0) is 6.42 Å². The molecule has 3 N–H and O–H groups in total. The Bertz CT molecular complexity index is 171. The van der Waals surface area contributed by atoms with Gasteiger partial charge in [-0.2, -0.15) is 11.8 Å². The van der Waals surface area contributed by atoms with Crippen LogP contribution in [-0.4, -0.2) is 41.4 Å². The first-order valence-electron chi connectivity index (χ1n) is 4.61. The van der Waals surface area contributed by atoms with Crippen molar-refractivity contribution < 1.29 is 4.79 Å². The fourth-order valence-electron chi connectivity index (χ4n) is 1.59. The van der Waals surface area contributed by atoms with E-state index in [0.717, 1.165) is 31.0 Å².